The normalized spacial score (nSPS) is 12.3. The maximum absolute atomic E-state index is 5.38. The second-order valence-electron chi connectivity index (χ2n) is 3.16. The Morgan fingerprint density at radius 3 is 2.00 bits per heavy atom. The highest BCUT2D eigenvalue weighted by Gasteiger charge is 2.00. The standard InChI is InChI=1S/C13H24O2/c1-4-7-8-9-10-11-12-13(14-5-2)15-6-3/h7-8,11-13H,4-6,9-10H2,1-3H3/b8-7-,12-11?. The van der Waals surface area contributed by atoms with E-state index in [4.69, 9.17) is 9.47 Å². The fourth-order valence-corrected chi connectivity index (χ4v) is 1.17. The summed E-state index contributed by atoms with van der Waals surface area (Å²) in [6, 6.07) is 0. The lowest BCUT2D eigenvalue weighted by atomic mass is 10.2. The van der Waals surface area contributed by atoms with Crippen LogP contribution in [0.4, 0.5) is 0 Å². The summed E-state index contributed by atoms with van der Waals surface area (Å²) in [7, 11) is 0. The van der Waals surface area contributed by atoms with Gasteiger partial charge in [0.1, 0.15) is 0 Å². The zero-order chi connectivity index (χ0) is 11.4. The van der Waals surface area contributed by atoms with Gasteiger partial charge in [-0.2, -0.15) is 0 Å². The van der Waals surface area contributed by atoms with E-state index in [1.807, 2.05) is 19.9 Å². The van der Waals surface area contributed by atoms with Gasteiger partial charge in [0, 0.05) is 13.2 Å². The number of ether oxygens (including phenoxy) is 2. The summed E-state index contributed by atoms with van der Waals surface area (Å²) >= 11 is 0. The zero-order valence-electron chi connectivity index (χ0n) is 10.2. The van der Waals surface area contributed by atoms with Crippen molar-refractivity contribution in [2.24, 2.45) is 0 Å². The minimum absolute atomic E-state index is 0.171. The summed E-state index contributed by atoms with van der Waals surface area (Å²) in [5.74, 6) is 0. The monoisotopic (exact) mass is 212 g/mol. The summed E-state index contributed by atoms with van der Waals surface area (Å²) in [6.07, 6.45) is 11.6. The van der Waals surface area contributed by atoms with Crippen LogP contribution in [0, 0.1) is 0 Å². The largest absolute Gasteiger partial charge is 0.349 e. The van der Waals surface area contributed by atoms with E-state index in [0.717, 1.165) is 19.3 Å². The zero-order valence-corrected chi connectivity index (χ0v) is 10.2. The molecule has 0 spiro atoms. The highest BCUT2D eigenvalue weighted by Crippen LogP contribution is 2.00. The minimum Gasteiger partial charge on any atom is -0.349 e. The van der Waals surface area contributed by atoms with E-state index in [1.165, 1.54) is 0 Å². The molecule has 0 saturated heterocycles. The van der Waals surface area contributed by atoms with Crippen LogP contribution >= 0.6 is 0 Å². The Balaban J connectivity index is 3.64. The first-order chi connectivity index (χ1) is 7.35. The first-order valence-corrected chi connectivity index (χ1v) is 5.89. The van der Waals surface area contributed by atoms with Gasteiger partial charge in [-0.1, -0.05) is 25.2 Å². The number of unbranched alkanes of at least 4 members (excludes halogenated alkanes) is 1. The molecular weight excluding hydrogens is 188 g/mol. The first kappa shape index (κ1) is 14.4. The molecule has 0 amide bonds. The van der Waals surface area contributed by atoms with Crippen molar-refractivity contribution in [2.45, 2.75) is 46.3 Å². The van der Waals surface area contributed by atoms with Crippen LogP contribution in [0.5, 0.6) is 0 Å². The quantitative estimate of drug-likeness (QED) is 0.330. The third-order valence-corrected chi connectivity index (χ3v) is 1.86. The molecule has 0 aliphatic carbocycles. The average molecular weight is 212 g/mol. The van der Waals surface area contributed by atoms with Gasteiger partial charge in [0.05, 0.1) is 0 Å². The molecule has 0 unspecified atom stereocenters. The maximum Gasteiger partial charge on any atom is 0.176 e. The second kappa shape index (κ2) is 11.5. The van der Waals surface area contributed by atoms with Crippen LogP contribution in [0.15, 0.2) is 24.3 Å². The Labute approximate surface area is 94.0 Å². The molecule has 0 aromatic heterocycles. The smallest absolute Gasteiger partial charge is 0.176 e. The molecule has 0 fully saturated rings. The Morgan fingerprint density at radius 2 is 1.47 bits per heavy atom. The first-order valence-electron chi connectivity index (χ1n) is 5.89. The van der Waals surface area contributed by atoms with Crippen LogP contribution in [0.3, 0.4) is 0 Å². The Morgan fingerprint density at radius 1 is 0.867 bits per heavy atom. The lowest BCUT2D eigenvalue weighted by molar-refractivity contribution is -0.104. The van der Waals surface area contributed by atoms with Crippen molar-refractivity contribution >= 4 is 0 Å². The van der Waals surface area contributed by atoms with E-state index in [9.17, 15) is 0 Å². The molecule has 0 heterocycles. The van der Waals surface area contributed by atoms with Crippen LogP contribution in [0.2, 0.25) is 0 Å². The number of rotatable bonds is 9. The Bertz CT molecular complexity index is 167. The molecule has 0 atom stereocenters. The fraction of sp³-hybridized carbons (Fsp3) is 0.692. The molecule has 0 aliphatic rings. The van der Waals surface area contributed by atoms with Gasteiger partial charge in [-0.15, -0.1) is 0 Å². The van der Waals surface area contributed by atoms with E-state index in [-0.39, 0.29) is 6.29 Å². The van der Waals surface area contributed by atoms with Gasteiger partial charge in [-0.25, -0.2) is 0 Å². The van der Waals surface area contributed by atoms with Crippen molar-refractivity contribution in [3.8, 4) is 0 Å². The molecule has 0 aromatic carbocycles. The summed E-state index contributed by atoms with van der Waals surface area (Å²) in [5, 5.41) is 0. The number of hydrogen-bond acceptors (Lipinski definition) is 2. The van der Waals surface area contributed by atoms with Gasteiger partial charge in [-0.3, -0.25) is 0 Å². The Kier molecular flexibility index (Phi) is 11.0. The van der Waals surface area contributed by atoms with Crippen molar-refractivity contribution in [1.82, 2.24) is 0 Å². The molecule has 0 N–H and O–H groups in total. The van der Waals surface area contributed by atoms with E-state index in [0.29, 0.717) is 13.2 Å². The molecule has 2 nitrogen and oxygen atoms in total. The second-order valence-corrected chi connectivity index (χ2v) is 3.16. The lowest BCUT2D eigenvalue weighted by Gasteiger charge is -2.12. The van der Waals surface area contributed by atoms with Crippen LogP contribution in [-0.2, 0) is 9.47 Å². The van der Waals surface area contributed by atoms with Gasteiger partial charge in [-0.05, 0) is 39.2 Å². The molecule has 0 aromatic rings. The highest BCUT2D eigenvalue weighted by molar-refractivity contribution is 4.89. The van der Waals surface area contributed by atoms with Crippen molar-refractivity contribution in [3.63, 3.8) is 0 Å². The van der Waals surface area contributed by atoms with Crippen molar-refractivity contribution in [3.05, 3.63) is 24.3 Å². The van der Waals surface area contributed by atoms with Crippen LogP contribution in [0.1, 0.15) is 40.0 Å². The topological polar surface area (TPSA) is 18.5 Å². The molecule has 0 radical (unpaired) electrons. The average Bonchev–Trinajstić information content (AvgIpc) is 2.24. The molecule has 2 heteroatoms. The van der Waals surface area contributed by atoms with E-state index in [1.54, 1.807) is 0 Å². The maximum atomic E-state index is 5.38. The minimum atomic E-state index is -0.171. The lowest BCUT2D eigenvalue weighted by Crippen LogP contribution is -2.13. The van der Waals surface area contributed by atoms with Crippen LogP contribution < -0.4 is 0 Å². The van der Waals surface area contributed by atoms with Gasteiger partial charge >= 0.3 is 0 Å². The summed E-state index contributed by atoms with van der Waals surface area (Å²) in [4.78, 5) is 0. The van der Waals surface area contributed by atoms with Gasteiger partial charge in [0.25, 0.3) is 0 Å². The molecule has 0 rings (SSSR count). The highest BCUT2D eigenvalue weighted by atomic mass is 16.7. The predicted molar refractivity (Wildman–Crippen MR) is 64.8 cm³/mol. The molecule has 15 heavy (non-hydrogen) atoms. The van der Waals surface area contributed by atoms with E-state index < -0.39 is 0 Å². The Hall–Kier alpha value is -0.600. The molecular formula is C13H24O2. The number of allylic oxidation sites excluding steroid dienone is 3. The predicted octanol–water partition coefficient (Wildman–Crippen LogP) is 3.69. The van der Waals surface area contributed by atoms with Crippen molar-refractivity contribution in [1.29, 1.82) is 0 Å². The molecule has 0 bridgehead atoms. The van der Waals surface area contributed by atoms with E-state index in [2.05, 4.69) is 25.2 Å². The van der Waals surface area contributed by atoms with Crippen molar-refractivity contribution in [2.75, 3.05) is 13.2 Å². The summed E-state index contributed by atoms with van der Waals surface area (Å²) in [5.41, 5.74) is 0. The summed E-state index contributed by atoms with van der Waals surface area (Å²) < 4.78 is 10.8. The van der Waals surface area contributed by atoms with E-state index >= 15 is 0 Å². The van der Waals surface area contributed by atoms with Crippen molar-refractivity contribution < 1.29 is 9.47 Å². The number of hydrogen-bond donors (Lipinski definition) is 0. The fourth-order valence-electron chi connectivity index (χ4n) is 1.17. The summed E-state index contributed by atoms with van der Waals surface area (Å²) in [6.45, 7) is 7.47. The van der Waals surface area contributed by atoms with Crippen LogP contribution in [-0.4, -0.2) is 19.5 Å². The molecule has 0 aliphatic heterocycles. The third kappa shape index (κ3) is 9.70. The molecule has 0 saturated carbocycles. The SMILES string of the molecule is CC/C=C\CCC=CC(OCC)OCC. The molecule has 88 valence electrons. The third-order valence-electron chi connectivity index (χ3n) is 1.86. The van der Waals surface area contributed by atoms with Gasteiger partial charge in [0.2, 0.25) is 0 Å². The van der Waals surface area contributed by atoms with Gasteiger partial charge < -0.3 is 9.47 Å². The van der Waals surface area contributed by atoms with Crippen LogP contribution in [0.25, 0.3) is 0 Å². The van der Waals surface area contributed by atoms with Gasteiger partial charge in [0.15, 0.2) is 6.29 Å².